The van der Waals surface area contributed by atoms with Crippen molar-refractivity contribution in [1.82, 2.24) is 19.5 Å². The lowest BCUT2D eigenvalue weighted by molar-refractivity contribution is -0.175. The fraction of sp³-hybridized carbons (Fsp3) is 0.519. The van der Waals surface area contributed by atoms with Crippen molar-refractivity contribution in [2.75, 3.05) is 11.9 Å². The van der Waals surface area contributed by atoms with E-state index in [-0.39, 0.29) is 12.6 Å². The first-order chi connectivity index (χ1) is 18.2. The van der Waals surface area contributed by atoms with Gasteiger partial charge < -0.3 is 19.5 Å². The Labute approximate surface area is 219 Å². The lowest BCUT2D eigenvalue weighted by Crippen LogP contribution is -2.55. The van der Waals surface area contributed by atoms with Crippen LogP contribution < -0.4 is 5.32 Å². The Hall–Kier alpha value is -3.60. The number of aromatic nitrogens is 4. The predicted octanol–water partition coefficient (Wildman–Crippen LogP) is 4.38. The fourth-order valence-corrected chi connectivity index (χ4v) is 5.34. The fourth-order valence-electron chi connectivity index (χ4n) is 5.34. The van der Waals surface area contributed by atoms with E-state index in [9.17, 15) is 9.59 Å². The van der Waals surface area contributed by atoms with Crippen LogP contribution in [0, 0.1) is 0 Å². The number of ether oxygens (including phenoxy) is 3. The molecule has 11 heteroatoms. The van der Waals surface area contributed by atoms with Gasteiger partial charge in [0.05, 0.1) is 11.9 Å². The van der Waals surface area contributed by atoms with Gasteiger partial charge in [0.25, 0.3) is 0 Å². The van der Waals surface area contributed by atoms with Crippen molar-refractivity contribution in [3.8, 4) is 0 Å². The first-order valence-corrected chi connectivity index (χ1v) is 12.9. The number of imidazole rings is 1. The summed E-state index contributed by atoms with van der Waals surface area (Å²) in [7, 11) is 0. The smallest absolute Gasteiger partial charge is 0.338 e. The van der Waals surface area contributed by atoms with E-state index >= 15 is 4.39 Å². The summed E-state index contributed by atoms with van der Waals surface area (Å²) in [5.74, 6) is -0.699. The van der Waals surface area contributed by atoms with Gasteiger partial charge in [-0.15, -0.1) is 0 Å². The van der Waals surface area contributed by atoms with Crippen LogP contribution in [-0.2, 0) is 19.0 Å². The zero-order chi connectivity index (χ0) is 26.9. The van der Waals surface area contributed by atoms with Gasteiger partial charge in [0, 0.05) is 13.0 Å². The number of carbonyl (C=O) groups excluding carboxylic acids is 2. The molecule has 2 aromatic heterocycles. The highest BCUT2D eigenvalue weighted by Crippen LogP contribution is 2.51. The average Bonchev–Trinajstić information content (AvgIpc) is 3.40. The number of alkyl halides is 1. The van der Waals surface area contributed by atoms with Crippen LogP contribution >= 0.6 is 0 Å². The molecule has 3 heterocycles. The zero-order valence-corrected chi connectivity index (χ0v) is 21.7. The molecule has 4 atom stereocenters. The second kappa shape index (κ2) is 10.3. The SMILES string of the molecule is CC(=O)O[C@@]1(C)[C@@H](COC(=O)c2ccccc2)O[C@@H](n2cnc3c(NC4CCCCC4)ncnc32)[C@]1(C)F. The lowest BCUT2D eigenvalue weighted by atomic mass is 9.84. The molecule has 1 saturated carbocycles. The van der Waals surface area contributed by atoms with Crippen LogP contribution in [0.15, 0.2) is 43.0 Å². The van der Waals surface area contributed by atoms with E-state index in [0.29, 0.717) is 22.5 Å². The average molecular weight is 526 g/mol. The molecule has 2 aliphatic rings. The van der Waals surface area contributed by atoms with Gasteiger partial charge in [-0.05, 0) is 38.8 Å². The highest BCUT2D eigenvalue weighted by Gasteiger charge is 2.66. The molecule has 0 amide bonds. The van der Waals surface area contributed by atoms with Gasteiger partial charge in [0.2, 0.25) is 0 Å². The number of halogens is 1. The number of esters is 2. The molecule has 1 N–H and O–H groups in total. The second-order valence-electron chi connectivity index (χ2n) is 10.2. The molecular formula is C27H32FN5O5. The molecule has 202 valence electrons. The number of hydrogen-bond acceptors (Lipinski definition) is 9. The first kappa shape index (κ1) is 26.0. The van der Waals surface area contributed by atoms with E-state index in [1.165, 1.54) is 44.4 Å². The van der Waals surface area contributed by atoms with Gasteiger partial charge >= 0.3 is 11.9 Å². The lowest BCUT2D eigenvalue weighted by Gasteiger charge is -2.36. The van der Waals surface area contributed by atoms with Gasteiger partial charge in [0.1, 0.15) is 19.0 Å². The highest BCUT2D eigenvalue weighted by atomic mass is 19.1. The number of rotatable bonds is 7. The maximum atomic E-state index is 16.7. The standard InChI is InChI=1S/C27H32FN5O5/c1-17(34)38-27(3)20(14-36-24(35)18-10-6-4-7-11-18)37-25(26(27,2)28)33-16-31-21-22(29-15-30-23(21)33)32-19-12-8-5-9-13-19/h4,6-7,10-11,15-16,19-20,25H,5,8-9,12-14H2,1-3H3,(H,29,30,32)/t20-,25-,26+,27+/m1/s1. The highest BCUT2D eigenvalue weighted by molar-refractivity contribution is 5.89. The largest absolute Gasteiger partial charge is 0.459 e. The molecule has 0 spiro atoms. The predicted molar refractivity (Wildman–Crippen MR) is 136 cm³/mol. The summed E-state index contributed by atoms with van der Waals surface area (Å²) in [6, 6.07) is 8.72. The number of hydrogen-bond donors (Lipinski definition) is 1. The van der Waals surface area contributed by atoms with Crippen molar-refractivity contribution >= 4 is 28.9 Å². The molecular weight excluding hydrogens is 493 g/mol. The first-order valence-electron chi connectivity index (χ1n) is 12.9. The number of carbonyl (C=O) groups is 2. The summed E-state index contributed by atoms with van der Waals surface area (Å²) in [5, 5.41) is 3.46. The van der Waals surface area contributed by atoms with Crippen LogP contribution in [-0.4, -0.2) is 61.5 Å². The minimum absolute atomic E-state index is 0.289. The van der Waals surface area contributed by atoms with E-state index in [0.717, 1.165) is 25.7 Å². The summed E-state index contributed by atoms with van der Waals surface area (Å²) < 4.78 is 35.3. The van der Waals surface area contributed by atoms with Crippen LogP contribution in [0.4, 0.5) is 10.2 Å². The Kier molecular flexibility index (Phi) is 7.04. The van der Waals surface area contributed by atoms with Gasteiger partial charge in [-0.3, -0.25) is 9.36 Å². The van der Waals surface area contributed by atoms with E-state index in [1.807, 2.05) is 0 Å². The molecule has 10 nitrogen and oxygen atoms in total. The van der Waals surface area contributed by atoms with Crippen LogP contribution in [0.25, 0.3) is 11.2 Å². The third-order valence-electron chi connectivity index (χ3n) is 7.63. The maximum absolute atomic E-state index is 16.7. The molecule has 1 aromatic carbocycles. The molecule has 5 rings (SSSR count). The Morgan fingerprint density at radius 2 is 1.87 bits per heavy atom. The van der Waals surface area contributed by atoms with Crippen molar-refractivity contribution in [2.45, 2.75) is 82.5 Å². The number of anilines is 1. The number of nitrogens with zero attached hydrogens (tertiary/aromatic N) is 4. The van der Waals surface area contributed by atoms with Gasteiger partial charge in [-0.25, -0.2) is 24.1 Å². The van der Waals surface area contributed by atoms with Gasteiger partial charge in [-0.2, -0.15) is 0 Å². The van der Waals surface area contributed by atoms with E-state index in [2.05, 4.69) is 20.3 Å². The van der Waals surface area contributed by atoms with Gasteiger partial charge in [0.15, 0.2) is 34.5 Å². The third kappa shape index (κ3) is 4.70. The molecule has 3 aromatic rings. The number of fused-ring (bicyclic) bond motifs is 1. The van der Waals surface area contributed by atoms with E-state index in [1.54, 1.807) is 30.3 Å². The molecule has 1 aliphatic carbocycles. The summed E-state index contributed by atoms with van der Waals surface area (Å²) in [6.45, 7) is 3.61. The molecule has 1 saturated heterocycles. The Morgan fingerprint density at radius 1 is 1.13 bits per heavy atom. The van der Waals surface area contributed by atoms with Crippen LogP contribution in [0.5, 0.6) is 0 Å². The van der Waals surface area contributed by atoms with Crippen molar-refractivity contribution in [2.24, 2.45) is 0 Å². The molecule has 38 heavy (non-hydrogen) atoms. The van der Waals surface area contributed by atoms with Crippen molar-refractivity contribution in [3.63, 3.8) is 0 Å². The number of benzene rings is 1. The summed E-state index contributed by atoms with van der Waals surface area (Å²) in [4.78, 5) is 37.8. The monoisotopic (exact) mass is 525 g/mol. The Morgan fingerprint density at radius 3 is 2.58 bits per heavy atom. The van der Waals surface area contributed by atoms with E-state index < -0.39 is 35.5 Å². The second-order valence-corrected chi connectivity index (χ2v) is 10.2. The maximum Gasteiger partial charge on any atom is 0.338 e. The van der Waals surface area contributed by atoms with Crippen molar-refractivity contribution < 1.29 is 28.2 Å². The van der Waals surface area contributed by atoms with Gasteiger partial charge in [-0.1, -0.05) is 37.5 Å². The number of nitrogens with one attached hydrogen (secondary N) is 1. The van der Waals surface area contributed by atoms with Crippen LogP contribution in [0.2, 0.25) is 0 Å². The van der Waals surface area contributed by atoms with E-state index in [4.69, 9.17) is 14.2 Å². The minimum atomic E-state index is -2.24. The Balaban J connectivity index is 1.43. The Bertz CT molecular complexity index is 1310. The molecule has 2 fully saturated rings. The van der Waals surface area contributed by atoms with Crippen molar-refractivity contribution in [3.05, 3.63) is 48.5 Å². The summed E-state index contributed by atoms with van der Waals surface area (Å²) in [6.07, 6.45) is 6.11. The van der Waals surface area contributed by atoms with Crippen LogP contribution in [0.1, 0.15) is 69.5 Å². The summed E-state index contributed by atoms with van der Waals surface area (Å²) >= 11 is 0. The van der Waals surface area contributed by atoms with Crippen LogP contribution in [0.3, 0.4) is 0 Å². The normalized spacial score (nSPS) is 27.8. The van der Waals surface area contributed by atoms with Crippen molar-refractivity contribution in [1.29, 1.82) is 0 Å². The third-order valence-corrected chi connectivity index (χ3v) is 7.63. The molecule has 1 aliphatic heterocycles. The quantitative estimate of drug-likeness (QED) is 0.449. The summed E-state index contributed by atoms with van der Waals surface area (Å²) in [5.41, 5.74) is -2.80. The topological polar surface area (TPSA) is 117 Å². The molecule has 0 bridgehead atoms. The molecule has 0 radical (unpaired) electrons. The zero-order valence-electron chi connectivity index (χ0n) is 21.7. The minimum Gasteiger partial charge on any atom is -0.459 e. The molecule has 0 unspecified atom stereocenters.